The third-order valence-corrected chi connectivity index (χ3v) is 5.53. The summed E-state index contributed by atoms with van der Waals surface area (Å²) in [5, 5.41) is 0. The van der Waals surface area contributed by atoms with Gasteiger partial charge in [0.1, 0.15) is 0 Å². The molecule has 3 rings (SSSR count). The van der Waals surface area contributed by atoms with Crippen molar-refractivity contribution < 1.29 is 21.6 Å². The van der Waals surface area contributed by atoms with Crippen LogP contribution < -0.4 is 4.72 Å². The fourth-order valence-electron chi connectivity index (χ4n) is 2.77. The average Bonchev–Trinajstić information content (AvgIpc) is 2.66. The van der Waals surface area contributed by atoms with Crippen LogP contribution in [0.2, 0.25) is 0 Å². The zero-order chi connectivity index (χ0) is 20.4. The van der Waals surface area contributed by atoms with Crippen LogP contribution in [-0.2, 0) is 22.7 Å². The Morgan fingerprint density at radius 1 is 1.04 bits per heavy atom. The zero-order valence-electron chi connectivity index (χ0n) is 14.9. The van der Waals surface area contributed by atoms with Gasteiger partial charge in [-0.2, -0.15) is 13.2 Å². The van der Waals surface area contributed by atoms with E-state index in [1.807, 2.05) is 0 Å². The van der Waals surface area contributed by atoms with E-state index in [1.54, 1.807) is 43.3 Å². The van der Waals surface area contributed by atoms with Gasteiger partial charge in [0.2, 0.25) is 10.0 Å². The second-order valence-electron chi connectivity index (χ2n) is 6.26. The summed E-state index contributed by atoms with van der Waals surface area (Å²) in [5.41, 5.74) is 0.835. The minimum Gasteiger partial charge on any atom is -0.264 e. The number of sulfonamides is 1. The Labute approximate surface area is 161 Å². The molecule has 0 bridgehead atoms. The van der Waals surface area contributed by atoms with Gasteiger partial charge in [-0.3, -0.25) is 4.98 Å². The molecule has 0 amide bonds. The molecular formula is C20H17F3N2O2S. The number of pyridine rings is 1. The maximum atomic E-state index is 13.2. The van der Waals surface area contributed by atoms with E-state index in [0.717, 1.165) is 11.8 Å². The topological polar surface area (TPSA) is 59.1 Å². The maximum absolute atomic E-state index is 13.2. The molecule has 0 saturated carbocycles. The van der Waals surface area contributed by atoms with Gasteiger partial charge in [-0.15, -0.1) is 0 Å². The molecular weight excluding hydrogens is 389 g/mol. The lowest BCUT2D eigenvalue weighted by Crippen LogP contribution is -2.23. The Hall–Kier alpha value is -2.71. The summed E-state index contributed by atoms with van der Waals surface area (Å²) < 4.78 is 67.0. The summed E-state index contributed by atoms with van der Waals surface area (Å²) in [4.78, 5) is 3.69. The second kappa shape index (κ2) is 7.73. The summed E-state index contributed by atoms with van der Waals surface area (Å²) in [6.45, 7) is 1.74. The van der Waals surface area contributed by atoms with Gasteiger partial charge < -0.3 is 0 Å². The summed E-state index contributed by atoms with van der Waals surface area (Å²) in [6, 6.07) is 14.1. The Balaban J connectivity index is 1.86. The molecule has 0 aliphatic carbocycles. The molecule has 0 atom stereocenters. The van der Waals surface area contributed by atoms with Gasteiger partial charge in [0, 0.05) is 18.9 Å². The summed E-state index contributed by atoms with van der Waals surface area (Å²) in [7, 11) is -3.73. The highest BCUT2D eigenvalue weighted by Gasteiger charge is 2.33. The number of rotatable bonds is 5. The highest BCUT2D eigenvalue weighted by Crippen LogP contribution is 2.36. The molecule has 0 fully saturated rings. The van der Waals surface area contributed by atoms with Gasteiger partial charge in [0.15, 0.2) is 0 Å². The van der Waals surface area contributed by atoms with Crippen LogP contribution >= 0.6 is 0 Å². The Morgan fingerprint density at radius 2 is 1.79 bits per heavy atom. The molecule has 1 aromatic heterocycles. The molecule has 1 heterocycles. The molecule has 8 heteroatoms. The number of aromatic nitrogens is 1. The summed E-state index contributed by atoms with van der Waals surface area (Å²) in [6.07, 6.45) is -2.47. The number of nitrogens with one attached hydrogen (secondary N) is 1. The number of hydrogen-bond acceptors (Lipinski definition) is 3. The molecule has 146 valence electrons. The van der Waals surface area contributed by atoms with E-state index in [0.29, 0.717) is 11.1 Å². The van der Waals surface area contributed by atoms with Crippen LogP contribution in [0.25, 0.3) is 11.1 Å². The van der Waals surface area contributed by atoms with E-state index < -0.39 is 21.8 Å². The quantitative estimate of drug-likeness (QED) is 0.676. The van der Waals surface area contributed by atoms with Gasteiger partial charge in [-0.05, 0) is 53.4 Å². The van der Waals surface area contributed by atoms with Gasteiger partial charge in [0.05, 0.1) is 10.5 Å². The van der Waals surface area contributed by atoms with E-state index in [9.17, 15) is 21.6 Å². The maximum Gasteiger partial charge on any atom is 0.418 e. The molecule has 4 nitrogen and oxygen atoms in total. The number of hydrogen-bond donors (Lipinski definition) is 1. The molecule has 0 unspecified atom stereocenters. The van der Waals surface area contributed by atoms with Crippen molar-refractivity contribution in [1.82, 2.24) is 9.71 Å². The van der Waals surface area contributed by atoms with Crippen LogP contribution in [0, 0.1) is 6.92 Å². The fourth-order valence-corrected chi connectivity index (χ4v) is 3.89. The second-order valence-corrected chi connectivity index (χ2v) is 8.03. The van der Waals surface area contributed by atoms with Crippen molar-refractivity contribution in [3.05, 3.63) is 83.7 Å². The van der Waals surface area contributed by atoms with Crippen LogP contribution in [0.15, 0.2) is 71.9 Å². The standard InChI is InChI=1S/C20H17F3N2O2S/c1-14-4-2-7-17(10-14)28(26,27)25-12-15-5-3-6-16(11-15)18-8-9-24-13-19(18)20(21,22)23/h2-11,13,25H,12H2,1H3. The van der Waals surface area contributed by atoms with Crippen molar-refractivity contribution >= 4 is 10.0 Å². The lowest BCUT2D eigenvalue weighted by Gasteiger charge is -2.13. The summed E-state index contributed by atoms with van der Waals surface area (Å²) >= 11 is 0. The van der Waals surface area contributed by atoms with Crippen molar-refractivity contribution in [1.29, 1.82) is 0 Å². The van der Waals surface area contributed by atoms with Crippen molar-refractivity contribution in [3.8, 4) is 11.1 Å². The largest absolute Gasteiger partial charge is 0.418 e. The first-order valence-electron chi connectivity index (χ1n) is 8.34. The average molecular weight is 406 g/mol. The van der Waals surface area contributed by atoms with Crippen LogP contribution in [0.3, 0.4) is 0 Å². The van der Waals surface area contributed by atoms with Crippen molar-refractivity contribution in [2.75, 3.05) is 0 Å². The van der Waals surface area contributed by atoms with Crippen LogP contribution in [-0.4, -0.2) is 13.4 Å². The van der Waals surface area contributed by atoms with Crippen LogP contribution in [0.4, 0.5) is 13.2 Å². The fraction of sp³-hybridized carbons (Fsp3) is 0.150. The zero-order valence-corrected chi connectivity index (χ0v) is 15.7. The van der Waals surface area contributed by atoms with Crippen LogP contribution in [0.1, 0.15) is 16.7 Å². The number of benzene rings is 2. The first-order valence-corrected chi connectivity index (χ1v) is 9.82. The number of aryl methyl sites for hydroxylation is 1. The predicted molar refractivity (Wildman–Crippen MR) is 99.9 cm³/mol. The van der Waals surface area contributed by atoms with E-state index in [4.69, 9.17) is 0 Å². The third-order valence-electron chi connectivity index (χ3n) is 4.13. The van der Waals surface area contributed by atoms with Gasteiger partial charge >= 0.3 is 6.18 Å². The molecule has 3 aromatic rings. The number of nitrogens with zero attached hydrogens (tertiary/aromatic N) is 1. The van der Waals surface area contributed by atoms with Crippen molar-refractivity contribution in [2.24, 2.45) is 0 Å². The van der Waals surface area contributed by atoms with E-state index in [2.05, 4.69) is 9.71 Å². The third kappa shape index (κ3) is 4.58. The smallest absolute Gasteiger partial charge is 0.264 e. The number of alkyl halides is 3. The van der Waals surface area contributed by atoms with E-state index in [-0.39, 0.29) is 17.0 Å². The molecule has 2 aromatic carbocycles. The summed E-state index contributed by atoms with van der Waals surface area (Å²) in [5.74, 6) is 0. The van der Waals surface area contributed by atoms with Crippen molar-refractivity contribution in [2.45, 2.75) is 24.5 Å². The lowest BCUT2D eigenvalue weighted by atomic mass is 9.99. The highest BCUT2D eigenvalue weighted by molar-refractivity contribution is 7.89. The van der Waals surface area contributed by atoms with E-state index in [1.165, 1.54) is 24.4 Å². The normalized spacial score (nSPS) is 12.1. The Kier molecular flexibility index (Phi) is 5.53. The van der Waals surface area contributed by atoms with Gasteiger partial charge in [-0.25, -0.2) is 13.1 Å². The predicted octanol–water partition coefficient (Wildman–Crippen LogP) is 4.55. The minimum atomic E-state index is -4.54. The van der Waals surface area contributed by atoms with E-state index >= 15 is 0 Å². The first kappa shape index (κ1) is 20.0. The molecule has 0 aliphatic rings. The molecule has 0 saturated heterocycles. The Morgan fingerprint density at radius 3 is 2.50 bits per heavy atom. The molecule has 0 aliphatic heterocycles. The lowest BCUT2D eigenvalue weighted by molar-refractivity contribution is -0.137. The Bertz CT molecular complexity index is 1100. The molecule has 0 radical (unpaired) electrons. The molecule has 0 spiro atoms. The SMILES string of the molecule is Cc1cccc(S(=O)(=O)NCc2cccc(-c3ccncc3C(F)(F)F)c2)c1. The highest BCUT2D eigenvalue weighted by atomic mass is 32.2. The monoisotopic (exact) mass is 406 g/mol. The first-order chi connectivity index (χ1) is 13.2. The molecule has 1 N–H and O–H groups in total. The van der Waals surface area contributed by atoms with Gasteiger partial charge in [-0.1, -0.05) is 30.3 Å². The van der Waals surface area contributed by atoms with Gasteiger partial charge in [0.25, 0.3) is 0 Å². The molecule has 28 heavy (non-hydrogen) atoms. The van der Waals surface area contributed by atoms with Crippen molar-refractivity contribution in [3.63, 3.8) is 0 Å². The van der Waals surface area contributed by atoms with Crippen LogP contribution in [0.5, 0.6) is 0 Å². The minimum absolute atomic E-state index is 0.00843. The number of halogens is 3.